The first-order chi connectivity index (χ1) is 11.4. The zero-order chi connectivity index (χ0) is 17.7. The van der Waals surface area contributed by atoms with Gasteiger partial charge in [0.25, 0.3) is 10.0 Å². The summed E-state index contributed by atoms with van der Waals surface area (Å²) in [6.45, 7) is 9.10. The highest BCUT2D eigenvalue weighted by atomic mass is 32.2. The van der Waals surface area contributed by atoms with Crippen molar-refractivity contribution >= 4 is 15.9 Å². The molecule has 2 aromatic rings. The molecule has 0 aliphatic carbocycles. The number of aryl methyl sites for hydroxylation is 2. The summed E-state index contributed by atoms with van der Waals surface area (Å²) in [6, 6.07) is 14.7. The highest BCUT2D eigenvalue weighted by molar-refractivity contribution is 7.90. The van der Waals surface area contributed by atoms with Gasteiger partial charge in [-0.25, -0.2) is 0 Å². The van der Waals surface area contributed by atoms with Gasteiger partial charge in [0.1, 0.15) is 5.84 Å². The predicted molar refractivity (Wildman–Crippen MR) is 99.0 cm³/mol. The molecule has 4 nitrogen and oxygen atoms in total. The van der Waals surface area contributed by atoms with Gasteiger partial charge in [-0.2, -0.15) is 8.42 Å². The summed E-state index contributed by atoms with van der Waals surface area (Å²) in [5.74, 6) is 0.487. The molecule has 0 fully saturated rings. The Kier molecular flexibility index (Phi) is 5.78. The molecule has 2 rings (SSSR count). The Balaban J connectivity index is 2.60. The maximum atomic E-state index is 12.9. The minimum Gasteiger partial charge on any atom is -0.356 e. The fraction of sp³-hybridized carbons (Fsp3) is 0.316. The van der Waals surface area contributed by atoms with Gasteiger partial charge in [-0.15, -0.1) is 4.40 Å². The van der Waals surface area contributed by atoms with E-state index in [2.05, 4.69) is 4.40 Å². The van der Waals surface area contributed by atoms with Gasteiger partial charge in [0.2, 0.25) is 0 Å². The third-order valence-electron chi connectivity index (χ3n) is 3.91. The third-order valence-corrected chi connectivity index (χ3v) is 5.34. The molecule has 0 unspecified atom stereocenters. The number of benzene rings is 2. The van der Waals surface area contributed by atoms with E-state index >= 15 is 0 Å². The van der Waals surface area contributed by atoms with Crippen molar-refractivity contribution in [3.8, 4) is 0 Å². The average Bonchev–Trinajstić information content (AvgIpc) is 2.55. The predicted octanol–water partition coefficient (Wildman–Crippen LogP) is 3.78. The zero-order valence-electron chi connectivity index (χ0n) is 14.7. The molecule has 0 heterocycles. The molecular formula is C19H24N2O2S. The van der Waals surface area contributed by atoms with E-state index in [4.69, 9.17) is 0 Å². The Morgan fingerprint density at radius 3 is 2.17 bits per heavy atom. The maximum absolute atomic E-state index is 12.9. The van der Waals surface area contributed by atoms with Crippen LogP contribution in [0.25, 0.3) is 0 Å². The second-order valence-electron chi connectivity index (χ2n) is 5.70. The number of hydrogen-bond acceptors (Lipinski definition) is 2. The van der Waals surface area contributed by atoms with Gasteiger partial charge in [-0.3, -0.25) is 0 Å². The van der Waals surface area contributed by atoms with Crippen LogP contribution in [0.15, 0.2) is 57.8 Å². The Hall–Kier alpha value is -2.14. The minimum absolute atomic E-state index is 0.258. The van der Waals surface area contributed by atoms with Crippen LogP contribution in [-0.4, -0.2) is 32.2 Å². The van der Waals surface area contributed by atoms with Crippen molar-refractivity contribution in [2.24, 2.45) is 4.40 Å². The van der Waals surface area contributed by atoms with E-state index in [-0.39, 0.29) is 4.90 Å². The zero-order valence-corrected chi connectivity index (χ0v) is 15.5. The van der Waals surface area contributed by atoms with E-state index < -0.39 is 10.0 Å². The molecule has 24 heavy (non-hydrogen) atoms. The lowest BCUT2D eigenvalue weighted by molar-refractivity contribution is 0.467. The number of amidine groups is 1. The lowest BCUT2D eigenvalue weighted by Gasteiger charge is -2.23. The molecule has 0 aliphatic heterocycles. The molecule has 0 aromatic heterocycles. The molecule has 128 valence electrons. The van der Waals surface area contributed by atoms with Crippen LogP contribution in [0, 0.1) is 13.8 Å². The van der Waals surface area contributed by atoms with Gasteiger partial charge < -0.3 is 4.90 Å². The van der Waals surface area contributed by atoms with Crippen LogP contribution < -0.4 is 0 Å². The standard InChI is InChI=1S/C19H24N2O2S/c1-5-21(6-2)19(17-10-8-7-9-11-17)20-24(22,23)18-13-12-15(3)14-16(18)4/h7-14H,5-6H2,1-4H3/b20-19-. The molecule has 0 radical (unpaired) electrons. The second-order valence-corrected chi connectivity index (χ2v) is 7.27. The lowest BCUT2D eigenvalue weighted by atomic mass is 10.2. The topological polar surface area (TPSA) is 49.7 Å². The van der Waals surface area contributed by atoms with Crippen molar-refractivity contribution in [3.63, 3.8) is 0 Å². The Morgan fingerprint density at radius 2 is 1.62 bits per heavy atom. The molecular weight excluding hydrogens is 320 g/mol. The summed E-state index contributed by atoms with van der Waals surface area (Å²) >= 11 is 0. The fourth-order valence-corrected chi connectivity index (χ4v) is 3.91. The molecule has 0 saturated heterocycles. The van der Waals surface area contributed by atoms with Gasteiger partial charge in [-0.05, 0) is 39.3 Å². The summed E-state index contributed by atoms with van der Waals surface area (Å²) in [5.41, 5.74) is 2.54. The Labute approximate surface area is 144 Å². The lowest BCUT2D eigenvalue weighted by Crippen LogP contribution is -2.32. The van der Waals surface area contributed by atoms with E-state index in [1.807, 2.05) is 62.1 Å². The van der Waals surface area contributed by atoms with Crippen molar-refractivity contribution < 1.29 is 8.42 Å². The van der Waals surface area contributed by atoms with Crippen molar-refractivity contribution in [2.45, 2.75) is 32.6 Å². The van der Waals surface area contributed by atoms with Crippen LogP contribution in [0.2, 0.25) is 0 Å². The quantitative estimate of drug-likeness (QED) is 0.613. The van der Waals surface area contributed by atoms with E-state index in [1.165, 1.54) is 0 Å². The van der Waals surface area contributed by atoms with Crippen molar-refractivity contribution in [1.29, 1.82) is 0 Å². The second kappa shape index (κ2) is 7.62. The molecule has 0 N–H and O–H groups in total. The number of hydrogen-bond donors (Lipinski definition) is 0. The van der Waals surface area contributed by atoms with E-state index in [1.54, 1.807) is 19.1 Å². The van der Waals surface area contributed by atoms with Crippen LogP contribution in [0.1, 0.15) is 30.5 Å². The summed E-state index contributed by atoms with van der Waals surface area (Å²) in [5, 5.41) is 0. The van der Waals surface area contributed by atoms with Gasteiger partial charge in [0.05, 0.1) is 4.90 Å². The minimum atomic E-state index is -3.77. The van der Waals surface area contributed by atoms with Crippen LogP contribution >= 0.6 is 0 Å². The van der Waals surface area contributed by atoms with E-state index in [0.29, 0.717) is 24.5 Å². The number of rotatable bonds is 5. The Bertz CT molecular complexity index is 824. The first-order valence-electron chi connectivity index (χ1n) is 8.11. The maximum Gasteiger partial charge on any atom is 0.284 e. The molecule has 5 heteroatoms. The van der Waals surface area contributed by atoms with E-state index in [0.717, 1.165) is 11.1 Å². The Morgan fingerprint density at radius 1 is 1.00 bits per heavy atom. The average molecular weight is 344 g/mol. The highest BCUT2D eigenvalue weighted by Crippen LogP contribution is 2.20. The SMILES string of the molecule is CCN(CC)/C(=N\S(=O)(=O)c1ccc(C)cc1C)c1ccccc1. The molecule has 0 atom stereocenters. The first-order valence-corrected chi connectivity index (χ1v) is 9.55. The summed E-state index contributed by atoms with van der Waals surface area (Å²) in [7, 11) is -3.77. The first kappa shape index (κ1) is 18.2. The number of sulfonamides is 1. The van der Waals surface area contributed by atoms with Crippen LogP contribution in [0.4, 0.5) is 0 Å². The molecule has 0 bridgehead atoms. The smallest absolute Gasteiger partial charge is 0.284 e. The summed E-state index contributed by atoms with van der Waals surface area (Å²) < 4.78 is 29.9. The van der Waals surface area contributed by atoms with E-state index in [9.17, 15) is 8.42 Å². The van der Waals surface area contributed by atoms with Gasteiger partial charge in [0.15, 0.2) is 0 Å². The van der Waals surface area contributed by atoms with Gasteiger partial charge in [0, 0.05) is 18.7 Å². The number of nitrogens with zero attached hydrogens (tertiary/aromatic N) is 2. The van der Waals surface area contributed by atoms with Crippen LogP contribution in [-0.2, 0) is 10.0 Å². The van der Waals surface area contributed by atoms with Gasteiger partial charge in [-0.1, -0.05) is 48.0 Å². The highest BCUT2D eigenvalue weighted by Gasteiger charge is 2.20. The van der Waals surface area contributed by atoms with Crippen molar-refractivity contribution in [3.05, 3.63) is 65.2 Å². The van der Waals surface area contributed by atoms with Gasteiger partial charge >= 0.3 is 0 Å². The molecule has 0 aliphatic rings. The summed E-state index contributed by atoms with van der Waals surface area (Å²) in [6.07, 6.45) is 0. The van der Waals surface area contributed by atoms with Crippen LogP contribution in [0.5, 0.6) is 0 Å². The molecule has 0 amide bonds. The monoisotopic (exact) mass is 344 g/mol. The molecule has 0 saturated carbocycles. The van der Waals surface area contributed by atoms with Crippen molar-refractivity contribution in [2.75, 3.05) is 13.1 Å². The molecule has 0 spiro atoms. The largest absolute Gasteiger partial charge is 0.356 e. The third kappa shape index (κ3) is 4.03. The van der Waals surface area contributed by atoms with Crippen molar-refractivity contribution in [1.82, 2.24) is 4.90 Å². The van der Waals surface area contributed by atoms with Crippen LogP contribution in [0.3, 0.4) is 0 Å². The summed E-state index contributed by atoms with van der Waals surface area (Å²) in [4.78, 5) is 2.21. The molecule has 2 aromatic carbocycles. The fourth-order valence-electron chi connectivity index (χ4n) is 2.66. The normalized spacial score (nSPS) is 12.2.